The van der Waals surface area contributed by atoms with Crippen LogP contribution in [0, 0.1) is 12.8 Å². The molecule has 2 atom stereocenters. The van der Waals surface area contributed by atoms with E-state index in [4.69, 9.17) is 20.4 Å². The summed E-state index contributed by atoms with van der Waals surface area (Å²) in [5.41, 5.74) is 9.20. The SMILES string of the molecule is Cc1nc(C2(C)CCCO2)nc2c1CC(CN)CC2. The first-order valence-corrected chi connectivity index (χ1v) is 7.33. The van der Waals surface area contributed by atoms with Gasteiger partial charge in [-0.15, -0.1) is 0 Å². The van der Waals surface area contributed by atoms with Gasteiger partial charge in [-0.3, -0.25) is 0 Å². The molecule has 2 N–H and O–H groups in total. The second-order valence-electron chi connectivity index (χ2n) is 6.09. The number of hydrogen-bond acceptors (Lipinski definition) is 4. The van der Waals surface area contributed by atoms with Crippen LogP contribution in [0.5, 0.6) is 0 Å². The third kappa shape index (κ3) is 2.28. The third-order valence-corrected chi connectivity index (χ3v) is 4.61. The number of aryl methyl sites for hydroxylation is 2. The van der Waals surface area contributed by atoms with Gasteiger partial charge in [-0.2, -0.15) is 0 Å². The minimum absolute atomic E-state index is 0.273. The Balaban J connectivity index is 1.96. The predicted octanol–water partition coefficient (Wildman–Crippen LogP) is 1.87. The molecule has 2 heterocycles. The van der Waals surface area contributed by atoms with Crippen molar-refractivity contribution in [2.45, 2.75) is 51.6 Å². The first kappa shape index (κ1) is 13.0. The number of rotatable bonds is 2. The molecule has 0 saturated carbocycles. The van der Waals surface area contributed by atoms with Gasteiger partial charge in [-0.25, -0.2) is 9.97 Å². The molecule has 0 aromatic carbocycles. The zero-order chi connectivity index (χ0) is 13.5. The van der Waals surface area contributed by atoms with Crippen LogP contribution in [-0.4, -0.2) is 23.1 Å². The van der Waals surface area contributed by atoms with Crippen molar-refractivity contribution in [3.63, 3.8) is 0 Å². The molecule has 4 nitrogen and oxygen atoms in total. The van der Waals surface area contributed by atoms with Crippen molar-refractivity contribution in [1.82, 2.24) is 9.97 Å². The summed E-state index contributed by atoms with van der Waals surface area (Å²) in [5, 5.41) is 0. The summed E-state index contributed by atoms with van der Waals surface area (Å²) in [7, 11) is 0. The van der Waals surface area contributed by atoms with Crippen LogP contribution in [0.3, 0.4) is 0 Å². The third-order valence-electron chi connectivity index (χ3n) is 4.61. The Morgan fingerprint density at radius 1 is 1.42 bits per heavy atom. The van der Waals surface area contributed by atoms with Gasteiger partial charge in [0.2, 0.25) is 0 Å². The molecule has 0 bridgehead atoms. The molecule has 104 valence electrons. The van der Waals surface area contributed by atoms with E-state index in [2.05, 4.69) is 13.8 Å². The van der Waals surface area contributed by atoms with E-state index in [1.807, 2.05) is 0 Å². The van der Waals surface area contributed by atoms with Crippen molar-refractivity contribution >= 4 is 0 Å². The van der Waals surface area contributed by atoms with Crippen LogP contribution in [0.25, 0.3) is 0 Å². The fourth-order valence-corrected chi connectivity index (χ4v) is 3.25. The lowest BCUT2D eigenvalue weighted by Gasteiger charge is -2.27. The summed E-state index contributed by atoms with van der Waals surface area (Å²) in [5.74, 6) is 1.48. The molecule has 0 radical (unpaired) electrons. The van der Waals surface area contributed by atoms with Crippen LogP contribution in [0.15, 0.2) is 0 Å². The van der Waals surface area contributed by atoms with E-state index < -0.39 is 0 Å². The molecule has 0 amide bonds. The topological polar surface area (TPSA) is 61.0 Å². The van der Waals surface area contributed by atoms with Crippen molar-refractivity contribution in [2.24, 2.45) is 11.7 Å². The molecule has 1 aromatic rings. The minimum atomic E-state index is -0.273. The van der Waals surface area contributed by atoms with Crippen LogP contribution >= 0.6 is 0 Å². The van der Waals surface area contributed by atoms with Gasteiger partial charge in [0.05, 0.1) is 0 Å². The monoisotopic (exact) mass is 261 g/mol. The van der Waals surface area contributed by atoms with Gasteiger partial charge in [-0.1, -0.05) is 0 Å². The number of fused-ring (bicyclic) bond motifs is 1. The molecule has 1 fully saturated rings. The molecule has 2 unspecified atom stereocenters. The number of aromatic nitrogens is 2. The molecule has 1 saturated heterocycles. The van der Waals surface area contributed by atoms with E-state index >= 15 is 0 Å². The van der Waals surface area contributed by atoms with Crippen LogP contribution in [0.4, 0.5) is 0 Å². The van der Waals surface area contributed by atoms with E-state index in [0.29, 0.717) is 5.92 Å². The smallest absolute Gasteiger partial charge is 0.160 e. The Bertz CT molecular complexity index is 481. The fraction of sp³-hybridized carbons (Fsp3) is 0.733. The maximum Gasteiger partial charge on any atom is 0.160 e. The van der Waals surface area contributed by atoms with Gasteiger partial charge in [-0.05, 0) is 64.0 Å². The second-order valence-corrected chi connectivity index (χ2v) is 6.09. The molecular formula is C15H23N3O. The van der Waals surface area contributed by atoms with Gasteiger partial charge < -0.3 is 10.5 Å². The summed E-state index contributed by atoms with van der Waals surface area (Å²) >= 11 is 0. The number of hydrogen-bond donors (Lipinski definition) is 1. The van der Waals surface area contributed by atoms with Crippen molar-refractivity contribution in [3.05, 3.63) is 22.8 Å². The second kappa shape index (κ2) is 4.84. The zero-order valence-electron chi connectivity index (χ0n) is 11.9. The number of nitrogens with two attached hydrogens (primary N) is 1. The lowest BCUT2D eigenvalue weighted by Crippen LogP contribution is -2.28. The van der Waals surface area contributed by atoms with E-state index in [-0.39, 0.29) is 5.60 Å². The van der Waals surface area contributed by atoms with Crippen molar-refractivity contribution < 1.29 is 4.74 Å². The first-order chi connectivity index (χ1) is 9.12. The quantitative estimate of drug-likeness (QED) is 0.883. The van der Waals surface area contributed by atoms with Gasteiger partial charge >= 0.3 is 0 Å². The summed E-state index contributed by atoms with van der Waals surface area (Å²) in [6.07, 6.45) is 5.35. The Labute approximate surface area is 114 Å². The molecule has 3 rings (SSSR count). The highest BCUT2D eigenvalue weighted by molar-refractivity contribution is 5.29. The first-order valence-electron chi connectivity index (χ1n) is 7.33. The number of nitrogens with zero attached hydrogens (tertiary/aromatic N) is 2. The minimum Gasteiger partial charge on any atom is -0.367 e. The summed E-state index contributed by atoms with van der Waals surface area (Å²) < 4.78 is 5.87. The molecule has 1 aliphatic carbocycles. The van der Waals surface area contributed by atoms with Gasteiger partial charge in [0, 0.05) is 18.0 Å². The lowest BCUT2D eigenvalue weighted by atomic mass is 9.85. The highest BCUT2D eigenvalue weighted by Crippen LogP contribution is 2.35. The van der Waals surface area contributed by atoms with Crippen LogP contribution in [-0.2, 0) is 23.2 Å². The van der Waals surface area contributed by atoms with E-state index in [1.54, 1.807) is 0 Å². The van der Waals surface area contributed by atoms with E-state index in [0.717, 1.165) is 56.8 Å². The van der Waals surface area contributed by atoms with E-state index in [1.165, 1.54) is 11.3 Å². The Morgan fingerprint density at radius 3 is 2.95 bits per heavy atom. The molecule has 2 aliphatic rings. The van der Waals surface area contributed by atoms with E-state index in [9.17, 15) is 0 Å². The van der Waals surface area contributed by atoms with Crippen molar-refractivity contribution in [3.8, 4) is 0 Å². The highest BCUT2D eigenvalue weighted by atomic mass is 16.5. The summed E-state index contributed by atoms with van der Waals surface area (Å²) in [6, 6.07) is 0. The zero-order valence-corrected chi connectivity index (χ0v) is 11.9. The Kier molecular flexibility index (Phi) is 3.31. The average molecular weight is 261 g/mol. The molecule has 1 aromatic heterocycles. The average Bonchev–Trinajstić information content (AvgIpc) is 2.86. The Hall–Kier alpha value is -1.00. The van der Waals surface area contributed by atoms with Crippen molar-refractivity contribution in [2.75, 3.05) is 13.2 Å². The molecule has 1 aliphatic heterocycles. The Morgan fingerprint density at radius 2 is 2.26 bits per heavy atom. The predicted molar refractivity (Wildman–Crippen MR) is 73.9 cm³/mol. The van der Waals surface area contributed by atoms with Crippen LogP contribution in [0.1, 0.15) is 49.0 Å². The van der Waals surface area contributed by atoms with Crippen molar-refractivity contribution in [1.29, 1.82) is 0 Å². The van der Waals surface area contributed by atoms with Gasteiger partial charge in [0.15, 0.2) is 5.82 Å². The standard InChI is InChI=1S/C15H23N3O/c1-10-12-8-11(9-16)4-5-13(12)18-14(17-10)15(2)6-3-7-19-15/h11H,3-9,16H2,1-2H3. The largest absolute Gasteiger partial charge is 0.367 e. The summed E-state index contributed by atoms with van der Waals surface area (Å²) in [6.45, 7) is 5.81. The molecule has 0 spiro atoms. The van der Waals surface area contributed by atoms with Gasteiger partial charge in [0.1, 0.15) is 5.60 Å². The maximum atomic E-state index is 5.87. The van der Waals surface area contributed by atoms with Crippen LogP contribution < -0.4 is 5.73 Å². The highest BCUT2D eigenvalue weighted by Gasteiger charge is 2.36. The van der Waals surface area contributed by atoms with Crippen LogP contribution in [0.2, 0.25) is 0 Å². The normalized spacial score (nSPS) is 30.4. The summed E-state index contributed by atoms with van der Waals surface area (Å²) in [4.78, 5) is 9.55. The lowest BCUT2D eigenvalue weighted by molar-refractivity contribution is 0.00890. The molecule has 19 heavy (non-hydrogen) atoms. The van der Waals surface area contributed by atoms with Gasteiger partial charge in [0.25, 0.3) is 0 Å². The fourth-order valence-electron chi connectivity index (χ4n) is 3.25. The molecule has 4 heteroatoms. The maximum absolute atomic E-state index is 5.87. The number of ether oxygens (including phenoxy) is 1. The molecular weight excluding hydrogens is 238 g/mol.